The number of ether oxygens (including phenoxy) is 1. The summed E-state index contributed by atoms with van der Waals surface area (Å²) in [5.41, 5.74) is 2.32. The Bertz CT molecular complexity index is 1570. The van der Waals surface area contributed by atoms with Gasteiger partial charge in [0.2, 0.25) is 0 Å². The summed E-state index contributed by atoms with van der Waals surface area (Å²) < 4.78 is 40.8. The summed E-state index contributed by atoms with van der Waals surface area (Å²) in [7, 11) is 0. The van der Waals surface area contributed by atoms with Gasteiger partial charge in [-0.15, -0.1) is 0 Å². The molecule has 41 heavy (non-hydrogen) atoms. The van der Waals surface area contributed by atoms with Crippen LogP contribution in [-0.2, 0) is 16.0 Å². The maximum atomic E-state index is 14.4. The van der Waals surface area contributed by atoms with Gasteiger partial charge >= 0.3 is 11.9 Å². The average Bonchev–Trinajstić information content (AvgIpc) is 3.60. The molecule has 4 aromatic rings. The molecule has 1 aliphatic carbocycles. The molecule has 0 spiro atoms. The van der Waals surface area contributed by atoms with Crippen molar-refractivity contribution in [2.24, 2.45) is 0 Å². The highest BCUT2D eigenvalue weighted by Crippen LogP contribution is 2.36. The first-order valence-corrected chi connectivity index (χ1v) is 13.1. The van der Waals surface area contributed by atoms with Crippen LogP contribution in [0.15, 0.2) is 53.3 Å². The van der Waals surface area contributed by atoms with Crippen molar-refractivity contribution >= 4 is 28.9 Å². The second kappa shape index (κ2) is 11.8. The molecule has 2 aromatic heterocycles. The van der Waals surface area contributed by atoms with Crippen molar-refractivity contribution in [1.29, 1.82) is 0 Å². The molecule has 2 heterocycles. The van der Waals surface area contributed by atoms with Crippen LogP contribution in [0.4, 0.5) is 8.78 Å². The summed E-state index contributed by atoms with van der Waals surface area (Å²) in [6, 6.07) is 7.19. The van der Waals surface area contributed by atoms with Crippen LogP contribution < -0.4 is 10.1 Å². The van der Waals surface area contributed by atoms with E-state index in [9.17, 15) is 28.3 Å². The first-order chi connectivity index (χ1) is 19.7. The average molecular weight is 568 g/mol. The maximum absolute atomic E-state index is 14.4. The van der Waals surface area contributed by atoms with Gasteiger partial charge in [-0.1, -0.05) is 19.3 Å². The molecule has 3 N–H and O–H groups in total. The molecule has 2 aromatic carbocycles. The lowest BCUT2D eigenvalue weighted by Gasteiger charge is -2.25. The monoisotopic (exact) mass is 567 g/mol. The van der Waals surface area contributed by atoms with E-state index in [0.717, 1.165) is 54.7 Å². The number of carboxylic acid groups (broad SMARTS) is 2. The number of imidazole rings is 1. The molecule has 1 saturated carbocycles. The van der Waals surface area contributed by atoms with Gasteiger partial charge in [0.1, 0.15) is 18.1 Å². The summed E-state index contributed by atoms with van der Waals surface area (Å²) in [4.78, 5) is 40.5. The second-order valence-electron chi connectivity index (χ2n) is 9.95. The maximum Gasteiger partial charge on any atom is 0.341 e. The third-order valence-electron chi connectivity index (χ3n) is 7.11. The number of aromatic nitrogens is 2. The van der Waals surface area contributed by atoms with Crippen molar-refractivity contribution < 1.29 is 42.5 Å². The van der Waals surface area contributed by atoms with Crippen LogP contribution in [0.1, 0.15) is 54.1 Å². The largest absolute Gasteiger partial charge is 0.480 e. The summed E-state index contributed by atoms with van der Waals surface area (Å²) in [5.74, 6) is -6.07. The number of hydrogen-bond donors (Lipinski definition) is 3. The number of carbonyl (C=O) groups is 3. The predicted octanol–water partition coefficient (Wildman–Crippen LogP) is 4.97. The Hall–Kier alpha value is -4.74. The molecule has 1 amide bonds. The zero-order valence-corrected chi connectivity index (χ0v) is 21.8. The summed E-state index contributed by atoms with van der Waals surface area (Å²) in [6.45, 7) is -0.951. The summed E-state index contributed by atoms with van der Waals surface area (Å²) >= 11 is 0. The Morgan fingerprint density at radius 2 is 1.80 bits per heavy atom. The minimum absolute atomic E-state index is 0.0678. The molecule has 1 unspecified atom stereocenters. The van der Waals surface area contributed by atoms with E-state index in [1.165, 1.54) is 6.42 Å². The molecule has 0 aliphatic heterocycles. The topological polar surface area (TPSA) is 144 Å². The number of furan rings is 1. The number of benzene rings is 2. The van der Waals surface area contributed by atoms with Gasteiger partial charge in [0.25, 0.3) is 5.91 Å². The normalized spacial score (nSPS) is 14.6. The van der Waals surface area contributed by atoms with E-state index in [-0.39, 0.29) is 17.2 Å². The van der Waals surface area contributed by atoms with Crippen molar-refractivity contribution in [1.82, 2.24) is 14.9 Å². The number of fused-ring (bicyclic) bond motifs is 1. The van der Waals surface area contributed by atoms with Crippen LogP contribution in [0, 0.1) is 11.6 Å². The number of nitrogens with one attached hydrogen (secondary N) is 1. The molecule has 214 valence electrons. The molecule has 0 radical (unpaired) electrons. The summed E-state index contributed by atoms with van der Waals surface area (Å²) in [6.07, 6.45) is 8.16. The number of amides is 1. The van der Waals surface area contributed by atoms with Gasteiger partial charge in [-0.2, -0.15) is 0 Å². The number of rotatable bonds is 10. The highest BCUT2D eigenvalue weighted by atomic mass is 19.1. The van der Waals surface area contributed by atoms with Crippen molar-refractivity contribution in [3.63, 3.8) is 0 Å². The number of nitrogens with zero attached hydrogens (tertiary/aromatic N) is 2. The minimum Gasteiger partial charge on any atom is -0.480 e. The molecule has 0 saturated heterocycles. The first kappa shape index (κ1) is 27.8. The van der Waals surface area contributed by atoms with Crippen LogP contribution in [-0.4, -0.2) is 50.3 Å². The van der Waals surface area contributed by atoms with E-state index in [4.69, 9.17) is 14.5 Å². The van der Waals surface area contributed by atoms with E-state index in [1.54, 1.807) is 30.7 Å². The quantitative estimate of drug-likeness (QED) is 0.244. The number of carboxylic acids is 2. The Balaban J connectivity index is 1.38. The van der Waals surface area contributed by atoms with Crippen molar-refractivity contribution in [2.45, 2.75) is 50.6 Å². The van der Waals surface area contributed by atoms with E-state index >= 15 is 0 Å². The standard InChI is InChI=1S/C29H27F2N3O7/c30-20-10-16(11-21(31)26(20)41-15-25(35)36)12-23(29(38)39)33-28(37)17-6-7-24-22(13-17)32-27(18-8-9-40-14-18)34(24)19-4-2-1-3-5-19/h6-11,13-14,19,23H,1-5,12,15H2,(H,33,37)(H,35,36)(H,38,39). The Kier molecular flexibility index (Phi) is 7.99. The van der Waals surface area contributed by atoms with Gasteiger partial charge in [-0.25, -0.2) is 23.4 Å². The number of halogens is 2. The van der Waals surface area contributed by atoms with Gasteiger partial charge < -0.3 is 29.3 Å². The molecule has 1 fully saturated rings. The Morgan fingerprint density at radius 3 is 2.44 bits per heavy atom. The van der Waals surface area contributed by atoms with Gasteiger partial charge in [-0.05, 0) is 54.8 Å². The first-order valence-electron chi connectivity index (χ1n) is 13.1. The van der Waals surface area contributed by atoms with Crippen LogP contribution in [0.5, 0.6) is 5.75 Å². The smallest absolute Gasteiger partial charge is 0.341 e. The molecule has 1 atom stereocenters. The molecule has 12 heteroatoms. The van der Waals surface area contributed by atoms with Crippen molar-refractivity contribution in [2.75, 3.05) is 6.61 Å². The number of aliphatic carboxylic acids is 2. The zero-order valence-electron chi connectivity index (χ0n) is 21.8. The predicted molar refractivity (Wildman–Crippen MR) is 142 cm³/mol. The van der Waals surface area contributed by atoms with Gasteiger partial charge in [-0.3, -0.25) is 4.79 Å². The number of carbonyl (C=O) groups excluding carboxylic acids is 1. The van der Waals surface area contributed by atoms with Crippen LogP contribution in [0.25, 0.3) is 22.4 Å². The van der Waals surface area contributed by atoms with Crippen molar-refractivity contribution in [3.05, 3.63) is 71.7 Å². The van der Waals surface area contributed by atoms with Crippen LogP contribution in [0.2, 0.25) is 0 Å². The van der Waals surface area contributed by atoms with E-state index in [2.05, 4.69) is 14.6 Å². The van der Waals surface area contributed by atoms with Gasteiger partial charge in [0, 0.05) is 18.0 Å². The third-order valence-corrected chi connectivity index (χ3v) is 7.11. The molecule has 5 rings (SSSR count). The van der Waals surface area contributed by atoms with Crippen LogP contribution >= 0.6 is 0 Å². The fraction of sp³-hybridized carbons (Fsp3) is 0.310. The van der Waals surface area contributed by atoms with Gasteiger partial charge in [0.15, 0.2) is 24.0 Å². The SMILES string of the molecule is O=C(O)COc1c(F)cc(CC(NC(=O)c2ccc3c(c2)nc(-c2ccoc2)n3C2CCCCC2)C(=O)O)cc1F. The molecule has 0 bridgehead atoms. The molecule has 1 aliphatic rings. The Labute approximate surface area is 232 Å². The number of hydrogen-bond acceptors (Lipinski definition) is 6. The fourth-order valence-corrected chi connectivity index (χ4v) is 5.22. The van der Waals surface area contributed by atoms with Crippen molar-refractivity contribution in [3.8, 4) is 17.1 Å². The van der Waals surface area contributed by atoms with Crippen LogP contribution in [0.3, 0.4) is 0 Å². The lowest BCUT2D eigenvalue weighted by Crippen LogP contribution is -2.42. The molecule has 10 nitrogen and oxygen atoms in total. The Morgan fingerprint density at radius 1 is 1.07 bits per heavy atom. The lowest BCUT2D eigenvalue weighted by molar-refractivity contribution is -0.140. The molecular weight excluding hydrogens is 540 g/mol. The van der Waals surface area contributed by atoms with Gasteiger partial charge in [0.05, 0.1) is 22.9 Å². The lowest BCUT2D eigenvalue weighted by atomic mass is 9.95. The summed E-state index contributed by atoms with van der Waals surface area (Å²) in [5, 5.41) is 20.8. The highest BCUT2D eigenvalue weighted by molar-refractivity contribution is 5.99. The van der Waals surface area contributed by atoms with E-state index in [0.29, 0.717) is 5.52 Å². The fourth-order valence-electron chi connectivity index (χ4n) is 5.22. The second-order valence-corrected chi connectivity index (χ2v) is 9.95. The molecular formula is C29H27F2N3O7. The minimum atomic E-state index is -1.51. The van der Waals surface area contributed by atoms with E-state index < -0.39 is 54.3 Å². The highest BCUT2D eigenvalue weighted by Gasteiger charge is 2.26. The van der Waals surface area contributed by atoms with E-state index in [1.807, 2.05) is 6.07 Å². The third kappa shape index (κ3) is 6.06. The zero-order chi connectivity index (χ0) is 29.1.